The van der Waals surface area contributed by atoms with E-state index in [1.165, 1.54) is 0 Å². The third kappa shape index (κ3) is 3.77. The number of hydrogen-bond acceptors (Lipinski definition) is 5. The van der Waals surface area contributed by atoms with Crippen LogP contribution in [0.3, 0.4) is 0 Å². The number of furan rings is 1. The maximum atomic E-state index is 6.20. The topological polar surface area (TPSA) is 61.3 Å². The van der Waals surface area contributed by atoms with Crippen LogP contribution in [0, 0.1) is 13.8 Å². The summed E-state index contributed by atoms with van der Waals surface area (Å²) in [6.45, 7) is 4.32. The van der Waals surface area contributed by atoms with Gasteiger partial charge in [0.05, 0.1) is 5.02 Å². The summed E-state index contributed by atoms with van der Waals surface area (Å²) in [6.07, 6.45) is 0. The summed E-state index contributed by atoms with van der Waals surface area (Å²) >= 11 is 12.1. The zero-order valence-electron chi connectivity index (χ0n) is 15.2. The molecule has 0 radical (unpaired) electrons. The maximum Gasteiger partial charge on any atom is 0.293 e. The van der Waals surface area contributed by atoms with Gasteiger partial charge in [0.1, 0.15) is 18.1 Å². The molecule has 7 heteroatoms. The van der Waals surface area contributed by atoms with E-state index in [9.17, 15) is 0 Å². The molecule has 0 atom stereocenters. The highest BCUT2D eigenvalue weighted by molar-refractivity contribution is 6.36. The normalized spacial score (nSPS) is 11.0. The van der Waals surface area contributed by atoms with Crippen LogP contribution < -0.4 is 4.74 Å². The summed E-state index contributed by atoms with van der Waals surface area (Å²) in [7, 11) is 0. The summed E-state index contributed by atoms with van der Waals surface area (Å²) in [5, 5.41) is 4.96. The Kier molecular flexibility index (Phi) is 5.11. The van der Waals surface area contributed by atoms with Crippen molar-refractivity contribution in [3.8, 4) is 28.8 Å². The fourth-order valence-electron chi connectivity index (χ4n) is 2.84. The van der Waals surface area contributed by atoms with Crippen molar-refractivity contribution in [3.63, 3.8) is 0 Å². The highest BCUT2D eigenvalue weighted by atomic mass is 35.5. The van der Waals surface area contributed by atoms with Gasteiger partial charge >= 0.3 is 0 Å². The van der Waals surface area contributed by atoms with Gasteiger partial charge in [-0.05, 0) is 55.3 Å². The second kappa shape index (κ2) is 7.70. The summed E-state index contributed by atoms with van der Waals surface area (Å²) in [5.41, 5.74) is 2.78. The molecule has 0 bridgehead atoms. The molecule has 0 amide bonds. The molecule has 2 aromatic carbocycles. The van der Waals surface area contributed by atoms with E-state index in [1.54, 1.807) is 24.3 Å². The SMILES string of the molecule is Cc1cccc(C)c1OCc1ccc(-c2nc(-c3ccc(Cl)cc3Cl)no2)o1. The predicted molar refractivity (Wildman–Crippen MR) is 108 cm³/mol. The van der Waals surface area contributed by atoms with Crippen LogP contribution in [-0.4, -0.2) is 10.1 Å². The lowest BCUT2D eigenvalue weighted by Crippen LogP contribution is -1.97. The molecule has 2 aromatic heterocycles. The molecule has 0 saturated heterocycles. The zero-order chi connectivity index (χ0) is 19.7. The largest absolute Gasteiger partial charge is 0.485 e. The number of halogens is 2. The minimum Gasteiger partial charge on any atom is -0.485 e. The van der Waals surface area contributed by atoms with Crippen molar-refractivity contribution in [1.82, 2.24) is 10.1 Å². The minimum absolute atomic E-state index is 0.263. The lowest BCUT2D eigenvalue weighted by Gasteiger charge is -2.10. The maximum absolute atomic E-state index is 6.20. The first-order chi connectivity index (χ1) is 13.5. The van der Waals surface area contributed by atoms with E-state index < -0.39 is 0 Å². The third-order valence-corrected chi connectivity index (χ3v) is 4.79. The number of hydrogen-bond donors (Lipinski definition) is 0. The monoisotopic (exact) mass is 414 g/mol. The summed E-state index contributed by atoms with van der Waals surface area (Å²) in [6, 6.07) is 14.7. The smallest absolute Gasteiger partial charge is 0.293 e. The first-order valence-electron chi connectivity index (χ1n) is 8.58. The van der Waals surface area contributed by atoms with Crippen LogP contribution in [0.5, 0.6) is 5.75 Å². The summed E-state index contributed by atoms with van der Waals surface area (Å²) in [4.78, 5) is 4.36. The van der Waals surface area contributed by atoms with Crippen molar-refractivity contribution in [2.45, 2.75) is 20.5 Å². The Morgan fingerprint density at radius 1 is 1.00 bits per heavy atom. The fourth-order valence-corrected chi connectivity index (χ4v) is 3.34. The Morgan fingerprint density at radius 3 is 2.54 bits per heavy atom. The Balaban J connectivity index is 1.51. The molecule has 0 saturated carbocycles. The van der Waals surface area contributed by atoms with Gasteiger partial charge in [0.2, 0.25) is 5.82 Å². The summed E-state index contributed by atoms with van der Waals surface area (Å²) < 4.78 is 17.0. The molecule has 0 fully saturated rings. The van der Waals surface area contributed by atoms with Crippen LogP contribution in [-0.2, 0) is 6.61 Å². The lowest BCUT2D eigenvalue weighted by molar-refractivity contribution is 0.267. The van der Waals surface area contributed by atoms with E-state index in [2.05, 4.69) is 10.1 Å². The van der Waals surface area contributed by atoms with Crippen LogP contribution in [0.4, 0.5) is 0 Å². The fraction of sp³-hybridized carbons (Fsp3) is 0.143. The Labute approximate surface area is 171 Å². The zero-order valence-corrected chi connectivity index (χ0v) is 16.7. The second-order valence-electron chi connectivity index (χ2n) is 6.32. The van der Waals surface area contributed by atoms with Crippen LogP contribution >= 0.6 is 23.2 Å². The van der Waals surface area contributed by atoms with Gasteiger partial charge in [-0.2, -0.15) is 4.98 Å². The average Bonchev–Trinajstić information content (AvgIpc) is 3.30. The standard InChI is InChI=1S/C21H16Cl2N2O3/c1-12-4-3-5-13(2)19(12)26-11-15-7-9-18(27-15)21-24-20(25-28-21)16-8-6-14(22)10-17(16)23/h3-10H,11H2,1-2H3. The minimum atomic E-state index is 0.263. The van der Waals surface area contributed by atoms with Gasteiger partial charge < -0.3 is 13.7 Å². The van der Waals surface area contributed by atoms with Crippen LogP contribution in [0.1, 0.15) is 16.9 Å². The van der Waals surface area contributed by atoms with E-state index in [0.717, 1.165) is 16.9 Å². The molecule has 2 heterocycles. The van der Waals surface area contributed by atoms with Crippen molar-refractivity contribution in [1.29, 1.82) is 0 Å². The Hall–Kier alpha value is -2.76. The lowest BCUT2D eigenvalue weighted by atomic mass is 10.1. The van der Waals surface area contributed by atoms with E-state index in [-0.39, 0.29) is 5.89 Å². The highest BCUT2D eigenvalue weighted by Gasteiger charge is 2.16. The van der Waals surface area contributed by atoms with Gasteiger partial charge in [-0.1, -0.05) is 46.6 Å². The molecule has 5 nitrogen and oxygen atoms in total. The number of ether oxygens (including phenoxy) is 1. The van der Waals surface area contributed by atoms with E-state index in [1.807, 2.05) is 38.1 Å². The Morgan fingerprint density at radius 2 is 1.79 bits per heavy atom. The third-order valence-electron chi connectivity index (χ3n) is 4.24. The van der Waals surface area contributed by atoms with Gasteiger partial charge in [0.15, 0.2) is 5.76 Å². The van der Waals surface area contributed by atoms with Crippen LogP contribution in [0.15, 0.2) is 57.5 Å². The molecule has 0 spiro atoms. The molecule has 0 N–H and O–H groups in total. The van der Waals surface area contributed by atoms with Crippen molar-refractivity contribution >= 4 is 23.2 Å². The van der Waals surface area contributed by atoms with E-state index in [4.69, 9.17) is 36.9 Å². The number of benzene rings is 2. The van der Waals surface area contributed by atoms with Crippen LogP contribution in [0.25, 0.3) is 23.0 Å². The number of aryl methyl sites for hydroxylation is 2. The molecule has 28 heavy (non-hydrogen) atoms. The average molecular weight is 415 g/mol. The predicted octanol–water partition coefficient (Wildman–Crippen LogP) is 6.50. The molecule has 4 rings (SSSR count). The summed E-state index contributed by atoms with van der Waals surface area (Å²) in [5.74, 6) is 2.60. The number of rotatable bonds is 5. The van der Waals surface area contributed by atoms with Crippen molar-refractivity contribution in [2.75, 3.05) is 0 Å². The number of aromatic nitrogens is 2. The van der Waals surface area contributed by atoms with Gasteiger partial charge in [0, 0.05) is 10.6 Å². The van der Waals surface area contributed by atoms with Crippen molar-refractivity contribution in [3.05, 3.63) is 75.5 Å². The quantitative estimate of drug-likeness (QED) is 0.372. The molecule has 0 aliphatic heterocycles. The second-order valence-corrected chi connectivity index (χ2v) is 7.17. The molecule has 4 aromatic rings. The molecular weight excluding hydrogens is 399 g/mol. The molecule has 0 unspecified atom stereocenters. The Bertz CT molecular complexity index is 1110. The molecule has 0 aliphatic rings. The van der Waals surface area contributed by atoms with Gasteiger partial charge in [-0.15, -0.1) is 0 Å². The number of nitrogens with zero attached hydrogens (tertiary/aromatic N) is 2. The van der Waals surface area contributed by atoms with Crippen molar-refractivity contribution < 1.29 is 13.7 Å². The molecule has 0 aliphatic carbocycles. The van der Waals surface area contributed by atoms with Gasteiger partial charge in [-0.25, -0.2) is 0 Å². The van der Waals surface area contributed by atoms with Gasteiger partial charge in [-0.3, -0.25) is 0 Å². The molecule has 142 valence electrons. The van der Waals surface area contributed by atoms with E-state index >= 15 is 0 Å². The van der Waals surface area contributed by atoms with E-state index in [0.29, 0.717) is 39.6 Å². The van der Waals surface area contributed by atoms with Crippen LogP contribution in [0.2, 0.25) is 10.0 Å². The van der Waals surface area contributed by atoms with Crippen molar-refractivity contribution in [2.24, 2.45) is 0 Å². The first-order valence-corrected chi connectivity index (χ1v) is 9.34. The number of para-hydroxylation sites is 1. The highest BCUT2D eigenvalue weighted by Crippen LogP contribution is 2.31. The first kappa shape index (κ1) is 18.6. The molecular formula is C21H16Cl2N2O3. The van der Waals surface area contributed by atoms with Gasteiger partial charge in [0.25, 0.3) is 5.89 Å².